The Hall–Kier alpha value is -0.940. The molecule has 2 rings (SSSR count). The van der Waals surface area contributed by atoms with Gasteiger partial charge in [0.25, 0.3) is 5.91 Å². The standard InChI is InChI=1S/C13H8BrCl3N2O/c14-6-3-9(16)12(10(17)4-6)19-13(20)8-5-7(15)1-2-11(8)18/h1-5H,18H2,(H,19,20). The van der Waals surface area contributed by atoms with Gasteiger partial charge in [-0.3, -0.25) is 4.79 Å². The third-order valence-corrected chi connectivity index (χ3v) is 3.79. The SMILES string of the molecule is Nc1ccc(Cl)cc1C(=O)Nc1c(Cl)cc(Br)cc1Cl. The van der Waals surface area contributed by atoms with E-state index in [4.69, 9.17) is 40.5 Å². The van der Waals surface area contributed by atoms with Crippen LogP contribution in [0.2, 0.25) is 15.1 Å². The first kappa shape index (κ1) is 15.4. The maximum absolute atomic E-state index is 12.2. The van der Waals surface area contributed by atoms with Gasteiger partial charge < -0.3 is 11.1 Å². The summed E-state index contributed by atoms with van der Waals surface area (Å²) in [5.74, 6) is -0.434. The monoisotopic (exact) mass is 392 g/mol. The quantitative estimate of drug-likeness (QED) is 0.684. The second-order valence-electron chi connectivity index (χ2n) is 3.93. The van der Waals surface area contributed by atoms with Crippen LogP contribution >= 0.6 is 50.7 Å². The summed E-state index contributed by atoms with van der Waals surface area (Å²) < 4.78 is 0.716. The molecule has 0 unspecified atom stereocenters. The van der Waals surface area contributed by atoms with Crippen LogP contribution in [0.15, 0.2) is 34.8 Å². The molecule has 0 fully saturated rings. The molecule has 104 valence electrons. The second kappa shape index (κ2) is 6.22. The molecular formula is C13H8BrCl3N2O. The topological polar surface area (TPSA) is 55.1 Å². The van der Waals surface area contributed by atoms with E-state index in [0.29, 0.717) is 30.9 Å². The molecule has 0 atom stereocenters. The Morgan fingerprint density at radius 1 is 1.10 bits per heavy atom. The molecule has 7 heteroatoms. The lowest BCUT2D eigenvalue weighted by Crippen LogP contribution is -2.14. The highest BCUT2D eigenvalue weighted by molar-refractivity contribution is 9.10. The van der Waals surface area contributed by atoms with Crippen LogP contribution in [0.25, 0.3) is 0 Å². The number of amides is 1. The Morgan fingerprint density at radius 2 is 1.70 bits per heavy atom. The third kappa shape index (κ3) is 3.38. The largest absolute Gasteiger partial charge is 0.398 e. The van der Waals surface area contributed by atoms with Crippen molar-refractivity contribution in [1.29, 1.82) is 0 Å². The van der Waals surface area contributed by atoms with Crippen molar-refractivity contribution in [3.63, 3.8) is 0 Å². The van der Waals surface area contributed by atoms with Gasteiger partial charge in [-0.05, 0) is 30.3 Å². The molecule has 0 aliphatic heterocycles. The van der Waals surface area contributed by atoms with E-state index in [1.165, 1.54) is 6.07 Å². The molecule has 2 aromatic carbocycles. The number of nitrogens with two attached hydrogens (primary N) is 1. The van der Waals surface area contributed by atoms with E-state index in [0.717, 1.165) is 0 Å². The normalized spacial score (nSPS) is 10.4. The first-order valence-electron chi connectivity index (χ1n) is 5.39. The summed E-state index contributed by atoms with van der Waals surface area (Å²) >= 11 is 21.2. The third-order valence-electron chi connectivity index (χ3n) is 2.51. The van der Waals surface area contributed by atoms with Crippen LogP contribution in [0.3, 0.4) is 0 Å². The molecule has 3 nitrogen and oxygen atoms in total. The zero-order valence-corrected chi connectivity index (χ0v) is 13.7. The number of benzene rings is 2. The highest BCUT2D eigenvalue weighted by atomic mass is 79.9. The van der Waals surface area contributed by atoms with Gasteiger partial charge in [-0.1, -0.05) is 50.7 Å². The lowest BCUT2D eigenvalue weighted by Gasteiger charge is -2.11. The van der Waals surface area contributed by atoms with Crippen molar-refractivity contribution in [3.05, 3.63) is 55.4 Å². The smallest absolute Gasteiger partial charge is 0.257 e. The summed E-state index contributed by atoms with van der Waals surface area (Å²) in [6, 6.07) is 7.90. The zero-order chi connectivity index (χ0) is 14.9. The number of nitrogen functional groups attached to an aromatic ring is 1. The van der Waals surface area contributed by atoms with E-state index in [2.05, 4.69) is 21.2 Å². The minimum absolute atomic E-state index is 0.257. The lowest BCUT2D eigenvalue weighted by molar-refractivity contribution is 0.102. The molecule has 3 N–H and O–H groups in total. The average Bonchev–Trinajstić information content (AvgIpc) is 2.36. The minimum atomic E-state index is -0.434. The van der Waals surface area contributed by atoms with E-state index in [-0.39, 0.29) is 5.56 Å². The molecule has 20 heavy (non-hydrogen) atoms. The molecule has 2 aromatic rings. The number of hydrogen-bond donors (Lipinski definition) is 2. The number of anilines is 2. The molecule has 0 aromatic heterocycles. The Bertz CT molecular complexity index is 668. The van der Waals surface area contributed by atoms with Gasteiger partial charge in [0.2, 0.25) is 0 Å². The number of nitrogens with one attached hydrogen (secondary N) is 1. The molecule has 0 saturated heterocycles. The van der Waals surface area contributed by atoms with Crippen molar-refractivity contribution in [3.8, 4) is 0 Å². The number of carbonyl (C=O) groups excluding carboxylic acids is 1. The van der Waals surface area contributed by atoms with Crippen molar-refractivity contribution < 1.29 is 4.79 Å². The predicted octanol–water partition coefficient (Wildman–Crippen LogP) is 5.24. The fraction of sp³-hybridized carbons (Fsp3) is 0. The molecule has 0 bridgehead atoms. The van der Waals surface area contributed by atoms with E-state index >= 15 is 0 Å². The minimum Gasteiger partial charge on any atom is -0.398 e. The van der Waals surface area contributed by atoms with Gasteiger partial charge in [0, 0.05) is 15.2 Å². The van der Waals surface area contributed by atoms with Crippen molar-refractivity contribution in [2.45, 2.75) is 0 Å². The molecule has 0 spiro atoms. The molecule has 0 radical (unpaired) electrons. The first-order valence-corrected chi connectivity index (χ1v) is 7.32. The van der Waals surface area contributed by atoms with Gasteiger partial charge in [0.05, 0.1) is 21.3 Å². The number of halogens is 4. The maximum Gasteiger partial charge on any atom is 0.257 e. The summed E-state index contributed by atoms with van der Waals surface area (Å²) in [7, 11) is 0. The van der Waals surface area contributed by atoms with Crippen molar-refractivity contribution in [1.82, 2.24) is 0 Å². The summed E-state index contributed by atoms with van der Waals surface area (Å²) in [4.78, 5) is 12.2. The van der Waals surface area contributed by atoms with Crippen LogP contribution in [0.1, 0.15) is 10.4 Å². The average molecular weight is 394 g/mol. The summed E-state index contributed by atoms with van der Waals surface area (Å²) in [5, 5.41) is 3.68. The fourth-order valence-electron chi connectivity index (χ4n) is 1.57. The van der Waals surface area contributed by atoms with Crippen LogP contribution in [0, 0.1) is 0 Å². The molecule has 0 aliphatic rings. The molecule has 0 heterocycles. The van der Waals surface area contributed by atoms with E-state index in [9.17, 15) is 4.79 Å². The first-order chi connectivity index (χ1) is 9.38. The van der Waals surface area contributed by atoms with E-state index in [1.807, 2.05) is 0 Å². The Morgan fingerprint density at radius 3 is 2.30 bits per heavy atom. The predicted molar refractivity (Wildman–Crippen MR) is 88.0 cm³/mol. The highest BCUT2D eigenvalue weighted by Crippen LogP contribution is 2.34. The van der Waals surface area contributed by atoms with Crippen LogP contribution < -0.4 is 11.1 Å². The summed E-state index contributed by atoms with van der Waals surface area (Å²) in [6.45, 7) is 0. The molecule has 0 saturated carbocycles. The Kier molecular flexibility index (Phi) is 4.81. The number of carbonyl (C=O) groups is 1. The van der Waals surface area contributed by atoms with Gasteiger partial charge in [-0.25, -0.2) is 0 Å². The van der Waals surface area contributed by atoms with Crippen LogP contribution in [0.5, 0.6) is 0 Å². The highest BCUT2D eigenvalue weighted by Gasteiger charge is 2.15. The van der Waals surface area contributed by atoms with Gasteiger partial charge in [0.1, 0.15) is 0 Å². The van der Waals surface area contributed by atoms with Crippen LogP contribution in [-0.4, -0.2) is 5.91 Å². The maximum atomic E-state index is 12.2. The number of hydrogen-bond acceptors (Lipinski definition) is 2. The summed E-state index contributed by atoms with van der Waals surface area (Å²) in [6.07, 6.45) is 0. The Balaban J connectivity index is 2.35. The summed E-state index contributed by atoms with van der Waals surface area (Å²) in [5.41, 5.74) is 6.64. The van der Waals surface area contributed by atoms with Crippen molar-refractivity contribution in [2.75, 3.05) is 11.1 Å². The fourth-order valence-corrected chi connectivity index (χ4v) is 3.04. The van der Waals surface area contributed by atoms with Crippen LogP contribution in [-0.2, 0) is 0 Å². The van der Waals surface area contributed by atoms with Crippen molar-refractivity contribution in [2.24, 2.45) is 0 Å². The van der Waals surface area contributed by atoms with Gasteiger partial charge in [0.15, 0.2) is 0 Å². The molecule has 0 aliphatic carbocycles. The van der Waals surface area contributed by atoms with E-state index < -0.39 is 5.91 Å². The lowest BCUT2D eigenvalue weighted by atomic mass is 10.1. The number of rotatable bonds is 2. The van der Waals surface area contributed by atoms with Gasteiger partial charge in [-0.2, -0.15) is 0 Å². The van der Waals surface area contributed by atoms with Crippen molar-refractivity contribution >= 4 is 68.0 Å². The van der Waals surface area contributed by atoms with E-state index in [1.54, 1.807) is 24.3 Å². The van der Waals surface area contributed by atoms with Gasteiger partial charge in [-0.15, -0.1) is 0 Å². The van der Waals surface area contributed by atoms with Gasteiger partial charge >= 0.3 is 0 Å². The molecular weight excluding hydrogens is 386 g/mol. The second-order valence-corrected chi connectivity index (χ2v) is 6.10. The Labute approximate surface area is 139 Å². The van der Waals surface area contributed by atoms with Crippen LogP contribution in [0.4, 0.5) is 11.4 Å². The zero-order valence-electron chi connectivity index (χ0n) is 9.88. The molecule has 1 amide bonds.